The quantitative estimate of drug-likeness (QED) is 0.644. The van der Waals surface area contributed by atoms with E-state index in [2.05, 4.69) is 20.9 Å². The van der Waals surface area contributed by atoms with Gasteiger partial charge >= 0.3 is 0 Å². The van der Waals surface area contributed by atoms with Gasteiger partial charge in [-0.25, -0.2) is 9.97 Å². The molecule has 0 aromatic carbocycles. The Bertz CT molecular complexity index is 1080. The van der Waals surface area contributed by atoms with Crippen LogP contribution in [0.5, 0.6) is 5.88 Å². The van der Waals surface area contributed by atoms with Crippen molar-refractivity contribution in [2.45, 2.75) is 0 Å². The lowest BCUT2D eigenvalue weighted by molar-refractivity contribution is 0.122. The van der Waals surface area contributed by atoms with Crippen molar-refractivity contribution in [3.63, 3.8) is 0 Å². The van der Waals surface area contributed by atoms with Crippen LogP contribution < -0.4 is 15.4 Å². The summed E-state index contributed by atoms with van der Waals surface area (Å²) in [6.45, 7) is 2.85. The van der Waals surface area contributed by atoms with Gasteiger partial charge in [0.2, 0.25) is 5.88 Å². The number of fused-ring (bicyclic) bond motifs is 1. The van der Waals surface area contributed by atoms with Crippen molar-refractivity contribution in [3.05, 3.63) is 48.4 Å². The minimum Gasteiger partial charge on any atom is -0.481 e. The lowest BCUT2D eigenvalue weighted by Crippen LogP contribution is -2.36. The summed E-state index contributed by atoms with van der Waals surface area (Å²) in [5.41, 5.74) is 9.78. The molecule has 3 N–H and O–H groups in total. The van der Waals surface area contributed by atoms with E-state index < -0.39 is 0 Å². The minimum atomic E-state index is 0.399. The number of aromatic nitrogens is 3. The fourth-order valence-corrected chi connectivity index (χ4v) is 3.40. The minimum absolute atomic E-state index is 0.399. The third-order valence-corrected chi connectivity index (χ3v) is 4.84. The van der Waals surface area contributed by atoms with Crippen LogP contribution in [0.2, 0.25) is 0 Å². The van der Waals surface area contributed by atoms with Crippen LogP contribution in [0.1, 0.15) is 5.69 Å². The number of methoxy groups -OCH3 is 1. The summed E-state index contributed by atoms with van der Waals surface area (Å²) >= 11 is 0. The van der Waals surface area contributed by atoms with E-state index >= 15 is 0 Å². The van der Waals surface area contributed by atoms with E-state index in [9.17, 15) is 0 Å². The van der Waals surface area contributed by atoms with Crippen molar-refractivity contribution in [3.8, 4) is 17.0 Å². The summed E-state index contributed by atoms with van der Waals surface area (Å²) in [6.07, 6.45) is 6.09. The summed E-state index contributed by atoms with van der Waals surface area (Å²) in [7, 11) is 1.60. The third kappa shape index (κ3) is 3.74. The topological polar surface area (TPSA) is 110 Å². The van der Waals surface area contributed by atoms with Crippen LogP contribution in [-0.4, -0.2) is 54.6 Å². The number of nitrogens with two attached hydrogens (primary N) is 1. The number of anilines is 1. The van der Waals surface area contributed by atoms with Gasteiger partial charge in [-0.15, -0.1) is 0 Å². The zero-order valence-electron chi connectivity index (χ0n) is 16.1. The van der Waals surface area contributed by atoms with Crippen molar-refractivity contribution < 1.29 is 9.47 Å². The number of nitrogens with one attached hydrogen (secondary N) is 1. The largest absolute Gasteiger partial charge is 0.481 e. The Balaban J connectivity index is 1.98. The molecule has 148 valence electrons. The highest BCUT2D eigenvalue weighted by molar-refractivity contribution is 6.01. The molecule has 3 aromatic rings. The number of ether oxygens (including phenoxy) is 2. The molecule has 0 unspecified atom stereocenters. The lowest BCUT2D eigenvalue weighted by Gasteiger charge is -2.28. The van der Waals surface area contributed by atoms with Crippen molar-refractivity contribution in [1.82, 2.24) is 15.0 Å². The van der Waals surface area contributed by atoms with Crippen molar-refractivity contribution >= 4 is 28.6 Å². The smallest absolute Gasteiger partial charge is 0.213 e. The van der Waals surface area contributed by atoms with Crippen LogP contribution in [0.4, 0.5) is 5.82 Å². The summed E-state index contributed by atoms with van der Waals surface area (Å²) < 4.78 is 10.8. The Morgan fingerprint density at radius 1 is 1.21 bits per heavy atom. The molecule has 1 saturated heterocycles. The number of morpholine rings is 1. The second kappa shape index (κ2) is 8.24. The van der Waals surface area contributed by atoms with Gasteiger partial charge in [0.25, 0.3) is 0 Å². The lowest BCUT2D eigenvalue weighted by atomic mass is 10.0. The molecule has 0 radical (unpaired) electrons. The number of hydrogen-bond acceptors (Lipinski definition) is 8. The first-order chi connectivity index (χ1) is 14.2. The molecule has 4 rings (SSSR count). The summed E-state index contributed by atoms with van der Waals surface area (Å²) in [5, 5.41) is 8.26. The second-order valence-corrected chi connectivity index (χ2v) is 6.56. The van der Waals surface area contributed by atoms with E-state index in [1.54, 1.807) is 19.5 Å². The van der Waals surface area contributed by atoms with Gasteiger partial charge in [0, 0.05) is 43.2 Å². The van der Waals surface area contributed by atoms with Crippen LogP contribution in [0.15, 0.2) is 42.7 Å². The molecule has 4 heterocycles. The molecule has 0 bridgehead atoms. The maximum atomic E-state index is 7.34. The van der Waals surface area contributed by atoms with Crippen LogP contribution in [0.25, 0.3) is 27.7 Å². The van der Waals surface area contributed by atoms with E-state index in [0.29, 0.717) is 36.0 Å². The first kappa shape index (κ1) is 18.8. The SMILES string of the molecule is COc1cc(-c2cc(N3CCOCC3)nc3c(/C(N)=C/C=N)nccc23)ccn1. The van der Waals surface area contributed by atoms with Gasteiger partial charge in [-0.3, -0.25) is 4.98 Å². The number of nitrogens with zero attached hydrogens (tertiary/aromatic N) is 4. The highest BCUT2D eigenvalue weighted by Gasteiger charge is 2.18. The number of allylic oxidation sites excluding steroid dienone is 1. The standard InChI is InChI=1S/C21H22N6O2/c1-28-19-12-14(3-6-24-19)16-13-18(27-8-10-29-11-9-27)26-20-15(16)4-7-25-21(20)17(23)2-5-22/h2-7,12-13,22H,8-11,23H2,1H3/b17-2-,22-5?. The molecule has 0 aliphatic carbocycles. The van der Waals surface area contributed by atoms with E-state index in [-0.39, 0.29) is 0 Å². The van der Waals surface area contributed by atoms with Crippen LogP contribution in [0, 0.1) is 5.41 Å². The number of rotatable bonds is 5. The molecule has 29 heavy (non-hydrogen) atoms. The Morgan fingerprint density at radius 2 is 2.00 bits per heavy atom. The average Bonchev–Trinajstić information content (AvgIpc) is 2.78. The predicted octanol–water partition coefficient (Wildman–Crippen LogP) is 2.49. The Morgan fingerprint density at radius 3 is 2.76 bits per heavy atom. The third-order valence-electron chi connectivity index (χ3n) is 4.84. The molecule has 8 heteroatoms. The van der Waals surface area contributed by atoms with Gasteiger partial charge in [-0.2, -0.15) is 0 Å². The predicted molar refractivity (Wildman–Crippen MR) is 113 cm³/mol. The number of pyridine rings is 3. The van der Waals surface area contributed by atoms with E-state index in [1.807, 2.05) is 18.2 Å². The molecule has 0 amide bonds. The molecule has 1 aliphatic rings. The van der Waals surface area contributed by atoms with E-state index in [1.165, 1.54) is 6.08 Å². The summed E-state index contributed by atoms with van der Waals surface area (Å²) in [6, 6.07) is 7.84. The highest BCUT2D eigenvalue weighted by Crippen LogP contribution is 2.34. The molecule has 3 aromatic heterocycles. The van der Waals surface area contributed by atoms with Crippen molar-refractivity contribution in [2.75, 3.05) is 38.3 Å². The van der Waals surface area contributed by atoms with Gasteiger partial charge in [-0.1, -0.05) is 0 Å². The average molecular weight is 390 g/mol. The maximum absolute atomic E-state index is 7.34. The van der Waals surface area contributed by atoms with E-state index in [0.717, 1.165) is 41.6 Å². The Labute approximate surface area is 168 Å². The van der Waals surface area contributed by atoms with Gasteiger partial charge in [0.15, 0.2) is 0 Å². The Kier molecular flexibility index (Phi) is 5.35. The van der Waals surface area contributed by atoms with Crippen molar-refractivity contribution in [1.29, 1.82) is 5.41 Å². The van der Waals surface area contributed by atoms with Gasteiger partial charge in [-0.05, 0) is 35.4 Å². The fraction of sp³-hybridized carbons (Fsp3) is 0.238. The van der Waals surface area contributed by atoms with Crippen LogP contribution in [0.3, 0.4) is 0 Å². The zero-order chi connectivity index (χ0) is 20.2. The summed E-state index contributed by atoms with van der Waals surface area (Å²) in [5.74, 6) is 1.38. The molecule has 1 aliphatic heterocycles. The molecule has 0 atom stereocenters. The first-order valence-corrected chi connectivity index (χ1v) is 9.30. The molecule has 0 spiro atoms. The number of hydrogen-bond donors (Lipinski definition) is 2. The monoisotopic (exact) mass is 390 g/mol. The van der Waals surface area contributed by atoms with Crippen molar-refractivity contribution in [2.24, 2.45) is 5.73 Å². The normalized spacial score (nSPS) is 14.8. The van der Waals surface area contributed by atoms with E-state index in [4.69, 9.17) is 25.6 Å². The van der Waals surface area contributed by atoms with Gasteiger partial charge in [0.05, 0.1) is 26.0 Å². The van der Waals surface area contributed by atoms with Crippen LogP contribution >= 0.6 is 0 Å². The zero-order valence-corrected chi connectivity index (χ0v) is 16.1. The molecular weight excluding hydrogens is 368 g/mol. The molecular formula is C21H22N6O2. The Hall–Kier alpha value is -3.52. The van der Waals surface area contributed by atoms with Gasteiger partial charge < -0.3 is 25.5 Å². The fourth-order valence-electron chi connectivity index (χ4n) is 3.40. The van der Waals surface area contributed by atoms with Gasteiger partial charge in [0.1, 0.15) is 17.0 Å². The highest BCUT2D eigenvalue weighted by atomic mass is 16.5. The first-order valence-electron chi connectivity index (χ1n) is 9.30. The molecule has 1 fully saturated rings. The maximum Gasteiger partial charge on any atom is 0.213 e. The second-order valence-electron chi connectivity index (χ2n) is 6.56. The summed E-state index contributed by atoms with van der Waals surface area (Å²) in [4.78, 5) is 15.7. The molecule has 0 saturated carbocycles. The van der Waals surface area contributed by atoms with Crippen LogP contribution in [-0.2, 0) is 4.74 Å². The molecule has 8 nitrogen and oxygen atoms in total.